The lowest BCUT2D eigenvalue weighted by molar-refractivity contribution is 0.460. The minimum atomic E-state index is 0.531. The molecule has 114 valence electrons. The Morgan fingerprint density at radius 2 is 2.19 bits per heavy atom. The maximum Gasteiger partial charge on any atom is 0.141 e. The van der Waals surface area contributed by atoms with Gasteiger partial charge in [0.25, 0.3) is 0 Å². The fourth-order valence-corrected chi connectivity index (χ4v) is 4.47. The van der Waals surface area contributed by atoms with Crippen molar-refractivity contribution in [2.75, 3.05) is 18.0 Å². The van der Waals surface area contributed by atoms with Crippen LogP contribution >= 0.6 is 11.3 Å². The van der Waals surface area contributed by atoms with Crippen molar-refractivity contribution < 1.29 is 0 Å². The summed E-state index contributed by atoms with van der Waals surface area (Å²) in [5.74, 6) is 1.70. The van der Waals surface area contributed by atoms with E-state index in [0.717, 1.165) is 30.2 Å². The smallest absolute Gasteiger partial charge is 0.141 e. The van der Waals surface area contributed by atoms with Gasteiger partial charge in [0.05, 0.1) is 5.39 Å². The fourth-order valence-electron chi connectivity index (χ4n) is 3.54. The minimum absolute atomic E-state index is 0.531. The SMILES string of the molecule is CCc1cc2c(N(CC)C3CCCC3CN)ncnc2s1. The first-order chi connectivity index (χ1) is 10.3. The summed E-state index contributed by atoms with van der Waals surface area (Å²) in [4.78, 5) is 14.0. The van der Waals surface area contributed by atoms with Gasteiger partial charge in [0.2, 0.25) is 0 Å². The van der Waals surface area contributed by atoms with Gasteiger partial charge in [-0.1, -0.05) is 13.3 Å². The molecule has 0 aromatic carbocycles. The molecular formula is C16H24N4S. The van der Waals surface area contributed by atoms with E-state index >= 15 is 0 Å². The van der Waals surface area contributed by atoms with E-state index < -0.39 is 0 Å². The van der Waals surface area contributed by atoms with Gasteiger partial charge in [-0.25, -0.2) is 9.97 Å². The molecule has 21 heavy (non-hydrogen) atoms. The molecule has 0 saturated heterocycles. The van der Waals surface area contributed by atoms with Crippen molar-refractivity contribution in [3.05, 3.63) is 17.3 Å². The van der Waals surface area contributed by atoms with Crippen LogP contribution in [0.2, 0.25) is 0 Å². The number of nitrogens with two attached hydrogens (primary N) is 1. The second-order valence-corrected chi connectivity index (χ2v) is 6.88. The lowest BCUT2D eigenvalue weighted by atomic mass is 10.0. The first-order valence-corrected chi connectivity index (χ1v) is 8.80. The molecule has 5 heteroatoms. The third-order valence-electron chi connectivity index (χ3n) is 4.64. The molecule has 2 atom stereocenters. The first kappa shape index (κ1) is 14.7. The summed E-state index contributed by atoms with van der Waals surface area (Å²) in [6.45, 7) is 6.16. The number of aromatic nitrogens is 2. The standard InChI is InChI=1S/C16H24N4S/c1-3-12-8-13-15(18-10-19-16(13)21-12)20(4-2)14-7-5-6-11(14)9-17/h8,10-11,14H,3-7,9,17H2,1-2H3. The second kappa shape index (κ2) is 6.28. The Kier molecular flexibility index (Phi) is 4.40. The van der Waals surface area contributed by atoms with Crippen LogP contribution in [0.25, 0.3) is 10.2 Å². The highest BCUT2D eigenvalue weighted by Gasteiger charge is 2.32. The monoisotopic (exact) mass is 304 g/mol. The number of hydrogen-bond donors (Lipinski definition) is 1. The Hall–Kier alpha value is -1.20. The van der Waals surface area contributed by atoms with Crippen molar-refractivity contribution in [1.29, 1.82) is 0 Å². The zero-order valence-electron chi connectivity index (χ0n) is 12.9. The van der Waals surface area contributed by atoms with Crippen LogP contribution in [0.3, 0.4) is 0 Å². The number of nitrogens with zero attached hydrogens (tertiary/aromatic N) is 3. The Balaban J connectivity index is 2.02. The molecule has 2 unspecified atom stereocenters. The van der Waals surface area contributed by atoms with Crippen molar-refractivity contribution in [1.82, 2.24) is 9.97 Å². The van der Waals surface area contributed by atoms with Crippen molar-refractivity contribution >= 4 is 27.4 Å². The summed E-state index contributed by atoms with van der Waals surface area (Å²) in [6.07, 6.45) is 6.52. The zero-order valence-corrected chi connectivity index (χ0v) is 13.7. The maximum atomic E-state index is 5.98. The summed E-state index contributed by atoms with van der Waals surface area (Å²) in [5, 5.41) is 1.21. The van der Waals surface area contributed by atoms with Gasteiger partial charge in [-0.2, -0.15) is 0 Å². The Labute approximate surface area is 130 Å². The summed E-state index contributed by atoms with van der Waals surface area (Å²) in [5.41, 5.74) is 5.98. The van der Waals surface area contributed by atoms with Crippen molar-refractivity contribution in [2.24, 2.45) is 11.7 Å². The molecule has 3 rings (SSSR count). The second-order valence-electron chi connectivity index (χ2n) is 5.76. The highest BCUT2D eigenvalue weighted by molar-refractivity contribution is 7.18. The molecule has 1 fully saturated rings. The number of aryl methyl sites for hydroxylation is 1. The van der Waals surface area contributed by atoms with Crippen LogP contribution in [0.1, 0.15) is 38.0 Å². The number of thiophene rings is 1. The summed E-state index contributed by atoms with van der Waals surface area (Å²) >= 11 is 1.79. The first-order valence-electron chi connectivity index (χ1n) is 7.98. The number of rotatable bonds is 5. The van der Waals surface area contributed by atoms with Gasteiger partial charge >= 0.3 is 0 Å². The molecule has 2 N–H and O–H groups in total. The number of fused-ring (bicyclic) bond motifs is 1. The minimum Gasteiger partial charge on any atom is -0.353 e. The maximum absolute atomic E-state index is 5.98. The molecule has 0 radical (unpaired) electrons. The van der Waals surface area contributed by atoms with Crippen LogP contribution in [-0.4, -0.2) is 29.1 Å². The average molecular weight is 304 g/mol. The van der Waals surface area contributed by atoms with Gasteiger partial charge in [0, 0.05) is 17.5 Å². The third-order valence-corrected chi connectivity index (χ3v) is 5.83. The highest BCUT2D eigenvalue weighted by atomic mass is 32.1. The average Bonchev–Trinajstić information content (AvgIpc) is 3.14. The van der Waals surface area contributed by atoms with E-state index in [-0.39, 0.29) is 0 Å². The topological polar surface area (TPSA) is 55.0 Å². The molecule has 0 aliphatic heterocycles. The van der Waals surface area contributed by atoms with Crippen LogP contribution < -0.4 is 10.6 Å². The Morgan fingerprint density at radius 3 is 2.90 bits per heavy atom. The van der Waals surface area contributed by atoms with E-state index in [0.29, 0.717) is 12.0 Å². The van der Waals surface area contributed by atoms with Crippen LogP contribution in [0.4, 0.5) is 5.82 Å². The van der Waals surface area contributed by atoms with Crippen molar-refractivity contribution in [3.8, 4) is 0 Å². The van der Waals surface area contributed by atoms with E-state index in [9.17, 15) is 0 Å². The Bertz CT molecular complexity index is 609. The highest BCUT2D eigenvalue weighted by Crippen LogP contribution is 2.36. The van der Waals surface area contributed by atoms with E-state index in [1.165, 1.54) is 29.5 Å². The third kappa shape index (κ3) is 2.64. The molecule has 2 aromatic heterocycles. The molecular weight excluding hydrogens is 280 g/mol. The van der Waals surface area contributed by atoms with E-state index in [2.05, 4.69) is 34.8 Å². The number of anilines is 1. The van der Waals surface area contributed by atoms with E-state index in [1.807, 2.05) is 0 Å². The molecule has 2 aromatic rings. The molecule has 1 aliphatic rings. The van der Waals surface area contributed by atoms with Crippen LogP contribution in [0.15, 0.2) is 12.4 Å². The Morgan fingerprint density at radius 1 is 1.33 bits per heavy atom. The molecule has 0 amide bonds. The summed E-state index contributed by atoms with van der Waals surface area (Å²) in [7, 11) is 0. The lowest BCUT2D eigenvalue weighted by Gasteiger charge is -2.33. The quantitative estimate of drug-likeness (QED) is 0.921. The predicted octanol–water partition coefficient (Wildman–Crippen LogP) is 3.21. The molecule has 2 heterocycles. The van der Waals surface area contributed by atoms with Crippen molar-refractivity contribution in [3.63, 3.8) is 0 Å². The summed E-state index contributed by atoms with van der Waals surface area (Å²) < 4.78 is 0. The van der Waals surface area contributed by atoms with Gasteiger partial charge in [0.1, 0.15) is 17.0 Å². The van der Waals surface area contributed by atoms with Crippen molar-refractivity contribution in [2.45, 2.75) is 45.6 Å². The zero-order chi connectivity index (χ0) is 14.8. The van der Waals surface area contributed by atoms with Gasteiger partial charge in [-0.3, -0.25) is 0 Å². The fraction of sp³-hybridized carbons (Fsp3) is 0.625. The van der Waals surface area contributed by atoms with E-state index in [1.54, 1.807) is 17.7 Å². The molecule has 1 aliphatic carbocycles. The predicted molar refractivity (Wildman–Crippen MR) is 90.0 cm³/mol. The number of hydrogen-bond acceptors (Lipinski definition) is 5. The van der Waals surface area contributed by atoms with Crippen LogP contribution in [0.5, 0.6) is 0 Å². The van der Waals surface area contributed by atoms with Gasteiger partial charge in [0.15, 0.2) is 0 Å². The normalized spacial score (nSPS) is 22.0. The van der Waals surface area contributed by atoms with Gasteiger partial charge < -0.3 is 10.6 Å². The largest absolute Gasteiger partial charge is 0.353 e. The molecule has 1 saturated carbocycles. The van der Waals surface area contributed by atoms with Gasteiger partial charge in [-0.05, 0) is 44.7 Å². The van der Waals surface area contributed by atoms with Crippen LogP contribution in [0, 0.1) is 5.92 Å². The molecule has 0 spiro atoms. The molecule has 0 bridgehead atoms. The summed E-state index contributed by atoms with van der Waals surface area (Å²) in [6, 6.07) is 2.80. The van der Waals surface area contributed by atoms with Gasteiger partial charge in [-0.15, -0.1) is 11.3 Å². The molecule has 4 nitrogen and oxygen atoms in total. The van der Waals surface area contributed by atoms with E-state index in [4.69, 9.17) is 5.73 Å². The lowest BCUT2D eigenvalue weighted by Crippen LogP contribution is -2.41. The van der Waals surface area contributed by atoms with Crippen LogP contribution in [-0.2, 0) is 6.42 Å².